The number of rotatable bonds is 3. The Morgan fingerprint density at radius 1 is 1.29 bits per heavy atom. The van der Waals surface area contributed by atoms with Crippen molar-refractivity contribution in [2.24, 2.45) is 0 Å². The smallest absolute Gasteiger partial charge is 0.282 e. The van der Waals surface area contributed by atoms with Crippen molar-refractivity contribution in [1.29, 1.82) is 0 Å². The highest BCUT2D eigenvalue weighted by atomic mass is 32.2. The Morgan fingerprint density at radius 2 is 1.86 bits per heavy atom. The quantitative estimate of drug-likeness (QED) is 0.781. The molecular formula is C10H12O3S. The number of hydrogen-bond donors (Lipinski definition) is 1. The van der Waals surface area contributed by atoms with Crippen LogP contribution in [0.2, 0.25) is 0 Å². The molecule has 1 rings (SSSR count). The summed E-state index contributed by atoms with van der Waals surface area (Å²) in [7, 11) is -4.02. The maximum atomic E-state index is 10.4. The molecule has 0 spiro atoms. The van der Waals surface area contributed by atoms with E-state index in [4.69, 9.17) is 4.55 Å². The first kappa shape index (κ1) is 10.9. The number of aryl methyl sites for hydroxylation is 1. The van der Waals surface area contributed by atoms with Crippen molar-refractivity contribution in [1.82, 2.24) is 0 Å². The molecule has 0 atom stereocenters. The van der Waals surface area contributed by atoms with E-state index in [2.05, 4.69) is 0 Å². The summed E-state index contributed by atoms with van der Waals surface area (Å²) in [5.41, 5.74) is 1.94. The van der Waals surface area contributed by atoms with Crippen molar-refractivity contribution in [3.8, 4) is 0 Å². The fourth-order valence-electron chi connectivity index (χ4n) is 1.03. The Labute approximate surface area is 83.8 Å². The van der Waals surface area contributed by atoms with E-state index in [1.165, 1.54) is 11.6 Å². The maximum Gasteiger partial charge on any atom is 0.287 e. The van der Waals surface area contributed by atoms with Crippen LogP contribution < -0.4 is 0 Å². The molecule has 4 heteroatoms. The van der Waals surface area contributed by atoms with Crippen LogP contribution in [0.25, 0.3) is 6.08 Å². The fourth-order valence-corrected chi connectivity index (χ4v) is 1.36. The van der Waals surface area contributed by atoms with Gasteiger partial charge in [-0.15, -0.1) is 0 Å². The summed E-state index contributed by atoms with van der Waals surface area (Å²) in [4.78, 5) is 0. The number of benzene rings is 1. The van der Waals surface area contributed by atoms with E-state index in [-0.39, 0.29) is 0 Å². The highest BCUT2D eigenvalue weighted by Crippen LogP contribution is 2.07. The van der Waals surface area contributed by atoms with Gasteiger partial charge in [-0.2, -0.15) is 8.42 Å². The van der Waals surface area contributed by atoms with E-state index in [9.17, 15) is 8.42 Å². The van der Waals surface area contributed by atoms with Gasteiger partial charge in [-0.05, 0) is 23.6 Å². The van der Waals surface area contributed by atoms with Gasteiger partial charge in [-0.3, -0.25) is 4.55 Å². The largest absolute Gasteiger partial charge is 0.287 e. The van der Waals surface area contributed by atoms with Crippen LogP contribution in [-0.4, -0.2) is 13.0 Å². The van der Waals surface area contributed by atoms with Gasteiger partial charge in [-0.1, -0.05) is 31.2 Å². The third-order valence-corrected chi connectivity index (χ3v) is 2.30. The summed E-state index contributed by atoms with van der Waals surface area (Å²) in [6.07, 6.45) is 2.30. The van der Waals surface area contributed by atoms with Gasteiger partial charge < -0.3 is 0 Å². The van der Waals surface area contributed by atoms with E-state index in [0.717, 1.165) is 17.4 Å². The lowest BCUT2D eigenvalue weighted by molar-refractivity contribution is 0.494. The van der Waals surface area contributed by atoms with Gasteiger partial charge in [-0.25, -0.2) is 0 Å². The number of hydrogen-bond acceptors (Lipinski definition) is 2. The summed E-state index contributed by atoms with van der Waals surface area (Å²) >= 11 is 0. The van der Waals surface area contributed by atoms with Crippen LogP contribution in [0.3, 0.4) is 0 Å². The summed E-state index contributed by atoms with van der Waals surface area (Å²) < 4.78 is 29.3. The average Bonchev–Trinajstić information content (AvgIpc) is 2.14. The summed E-state index contributed by atoms with van der Waals surface area (Å²) in [6.45, 7) is 2.04. The molecule has 0 saturated heterocycles. The second-order valence-corrected chi connectivity index (χ2v) is 4.21. The topological polar surface area (TPSA) is 54.4 Å². The Hall–Kier alpha value is -1.13. The summed E-state index contributed by atoms with van der Waals surface area (Å²) in [5, 5.41) is 0.772. The first-order valence-corrected chi connectivity index (χ1v) is 5.76. The Kier molecular flexibility index (Phi) is 3.43. The van der Waals surface area contributed by atoms with Gasteiger partial charge >= 0.3 is 0 Å². The minimum absolute atomic E-state index is 0.750. The highest BCUT2D eigenvalue weighted by molar-refractivity contribution is 7.88. The molecule has 1 aromatic rings. The van der Waals surface area contributed by atoms with Crippen LogP contribution in [0.1, 0.15) is 18.1 Å². The third-order valence-electron chi connectivity index (χ3n) is 1.82. The molecule has 0 fully saturated rings. The van der Waals surface area contributed by atoms with Gasteiger partial charge in [0.05, 0.1) is 5.41 Å². The first-order chi connectivity index (χ1) is 6.51. The second kappa shape index (κ2) is 4.39. The average molecular weight is 212 g/mol. The van der Waals surface area contributed by atoms with E-state index < -0.39 is 10.1 Å². The van der Waals surface area contributed by atoms with Crippen LogP contribution in [0.15, 0.2) is 29.7 Å². The molecule has 0 saturated carbocycles. The lowest BCUT2D eigenvalue weighted by Gasteiger charge is -1.96. The van der Waals surface area contributed by atoms with Crippen LogP contribution in [0, 0.1) is 0 Å². The van der Waals surface area contributed by atoms with E-state index in [1.54, 1.807) is 12.1 Å². The SMILES string of the molecule is CCc1ccc(/C=C/S(=O)(=O)O)cc1. The zero-order chi connectivity index (χ0) is 10.6. The van der Waals surface area contributed by atoms with Crippen molar-refractivity contribution < 1.29 is 13.0 Å². The highest BCUT2D eigenvalue weighted by Gasteiger charge is 1.95. The standard InChI is InChI=1S/C10H12O3S/c1-2-9-3-5-10(6-4-9)7-8-14(11,12)13/h3-8H,2H2,1H3,(H,11,12,13)/b8-7+. The molecule has 0 radical (unpaired) electrons. The molecule has 0 aliphatic heterocycles. The van der Waals surface area contributed by atoms with Crippen molar-refractivity contribution in [3.05, 3.63) is 40.8 Å². The zero-order valence-electron chi connectivity index (χ0n) is 7.84. The van der Waals surface area contributed by atoms with E-state index in [0.29, 0.717) is 0 Å². The van der Waals surface area contributed by atoms with Crippen LogP contribution in [0.5, 0.6) is 0 Å². The molecule has 1 aromatic carbocycles. The Balaban J connectivity index is 2.84. The third kappa shape index (κ3) is 3.72. The molecule has 14 heavy (non-hydrogen) atoms. The van der Waals surface area contributed by atoms with Crippen molar-refractivity contribution in [3.63, 3.8) is 0 Å². The second-order valence-electron chi connectivity index (χ2n) is 2.91. The normalized spacial score (nSPS) is 12.1. The van der Waals surface area contributed by atoms with E-state index in [1.807, 2.05) is 19.1 Å². The van der Waals surface area contributed by atoms with Crippen LogP contribution >= 0.6 is 0 Å². The van der Waals surface area contributed by atoms with Crippen molar-refractivity contribution in [2.45, 2.75) is 13.3 Å². The molecule has 1 N–H and O–H groups in total. The van der Waals surface area contributed by atoms with Gasteiger partial charge in [0.2, 0.25) is 0 Å². The summed E-state index contributed by atoms with van der Waals surface area (Å²) in [6, 6.07) is 7.45. The molecule has 0 aliphatic rings. The molecular weight excluding hydrogens is 200 g/mol. The maximum absolute atomic E-state index is 10.4. The Bertz CT molecular complexity index is 415. The lowest BCUT2D eigenvalue weighted by atomic mass is 10.1. The monoisotopic (exact) mass is 212 g/mol. The predicted molar refractivity (Wildman–Crippen MR) is 56.4 cm³/mol. The van der Waals surface area contributed by atoms with E-state index >= 15 is 0 Å². The molecule has 0 amide bonds. The predicted octanol–water partition coefficient (Wildman–Crippen LogP) is 2.11. The van der Waals surface area contributed by atoms with Gasteiger partial charge in [0.25, 0.3) is 10.1 Å². The molecule has 0 bridgehead atoms. The van der Waals surface area contributed by atoms with Crippen molar-refractivity contribution >= 4 is 16.2 Å². The molecule has 0 aliphatic carbocycles. The van der Waals surface area contributed by atoms with Crippen LogP contribution in [-0.2, 0) is 16.5 Å². The Morgan fingerprint density at radius 3 is 2.29 bits per heavy atom. The zero-order valence-corrected chi connectivity index (χ0v) is 8.66. The molecule has 0 unspecified atom stereocenters. The minimum atomic E-state index is -4.02. The summed E-state index contributed by atoms with van der Waals surface area (Å²) in [5.74, 6) is 0. The van der Waals surface area contributed by atoms with Gasteiger partial charge in [0.15, 0.2) is 0 Å². The first-order valence-electron chi connectivity index (χ1n) is 4.26. The van der Waals surface area contributed by atoms with Crippen molar-refractivity contribution in [2.75, 3.05) is 0 Å². The van der Waals surface area contributed by atoms with Crippen LogP contribution in [0.4, 0.5) is 0 Å². The molecule has 0 aromatic heterocycles. The fraction of sp³-hybridized carbons (Fsp3) is 0.200. The molecule has 0 heterocycles. The molecule has 76 valence electrons. The minimum Gasteiger partial charge on any atom is -0.282 e. The lowest BCUT2D eigenvalue weighted by Crippen LogP contribution is -1.89. The van der Waals surface area contributed by atoms with Gasteiger partial charge in [0, 0.05) is 0 Å². The van der Waals surface area contributed by atoms with Gasteiger partial charge in [0.1, 0.15) is 0 Å². The molecule has 3 nitrogen and oxygen atoms in total.